The van der Waals surface area contributed by atoms with Crippen LogP contribution in [0.5, 0.6) is 5.75 Å². The highest BCUT2D eigenvalue weighted by Gasteiger charge is 2.15. The monoisotopic (exact) mass is 306 g/mol. The standard InChI is InChI=1S/C14H14N2O4S/c15-21(19,20)13-7-2-1-6-12(13)16-14(18)9-10-4-3-5-11(17)8-10/h1-8,17H,9H2,(H,16,18)(H2,15,19,20). The third kappa shape index (κ3) is 4.04. The number of rotatable bonds is 4. The van der Waals surface area contributed by atoms with Crippen molar-refractivity contribution in [2.75, 3.05) is 5.32 Å². The summed E-state index contributed by atoms with van der Waals surface area (Å²) in [5.41, 5.74) is 0.741. The molecule has 2 aromatic rings. The van der Waals surface area contributed by atoms with E-state index in [1.54, 1.807) is 18.2 Å². The zero-order valence-electron chi connectivity index (χ0n) is 11.0. The molecule has 21 heavy (non-hydrogen) atoms. The van der Waals surface area contributed by atoms with Gasteiger partial charge in [-0.2, -0.15) is 0 Å². The van der Waals surface area contributed by atoms with Gasteiger partial charge in [0.1, 0.15) is 10.6 Å². The lowest BCUT2D eigenvalue weighted by molar-refractivity contribution is -0.115. The molecule has 0 bridgehead atoms. The van der Waals surface area contributed by atoms with Crippen LogP contribution in [0.2, 0.25) is 0 Å². The van der Waals surface area contributed by atoms with Gasteiger partial charge in [-0.25, -0.2) is 13.6 Å². The van der Waals surface area contributed by atoms with Gasteiger partial charge in [0, 0.05) is 0 Å². The van der Waals surface area contributed by atoms with E-state index in [9.17, 15) is 18.3 Å². The predicted octanol–water partition coefficient (Wildman–Crippen LogP) is 1.22. The summed E-state index contributed by atoms with van der Waals surface area (Å²) in [4.78, 5) is 11.8. The zero-order chi connectivity index (χ0) is 15.5. The summed E-state index contributed by atoms with van der Waals surface area (Å²) in [6.45, 7) is 0. The number of carbonyl (C=O) groups is 1. The van der Waals surface area contributed by atoms with Crippen molar-refractivity contribution >= 4 is 21.6 Å². The van der Waals surface area contributed by atoms with E-state index in [1.807, 2.05) is 0 Å². The Hall–Kier alpha value is -2.38. The number of hydrogen-bond acceptors (Lipinski definition) is 4. The Kier molecular flexibility index (Phi) is 4.25. The van der Waals surface area contributed by atoms with Crippen molar-refractivity contribution in [1.29, 1.82) is 0 Å². The fraction of sp³-hybridized carbons (Fsp3) is 0.0714. The lowest BCUT2D eigenvalue weighted by Crippen LogP contribution is -2.19. The van der Waals surface area contributed by atoms with Crippen molar-refractivity contribution in [3.63, 3.8) is 0 Å². The second-order valence-electron chi connectivity index (χ2n) is 4.44. The van der Waals surface area contributed by atoms with Crippen LogP contribution in [0.1, 0.15) is 5.56 Å². The van der Waals surface area contributed by atoms with Crippen molar-refractivity contribution in [2.24, 2.45) is 5.14 Å². The van der Waals surface area contributed by atoms with Gasteiger partial charge in [-0.15, -0.1) is 0 Å². The molecule has 0 spiro atoms. The molecule has 0 saturated carbocycles. The molecule has 1 amide bonds. The molecule has 0 saturated heterocycles. The summed E-state index contributed by atoms with van der Waals surface area (Å²) in [5, 5.41) is 16.9. The Morgan fingerprint density at radius 1 is 1.14 bits per heavy atom. The summed E-state index contributed by atoms with van der Waals surface area (Å²) in [7, 11) is -3.91. The minimum atomic E-state index is -3.91. The fourth-order valence-corrected chi connectivity index (χ4v) is 2.56. The summed E-state index contributed by atoms with van der Waals surface area (Å²) in [6, 6.07) is 12.2. The van der Waals surface area contributed by atoms with Crippen LogP contribution in [0.25, 0.3) is 0 Å². The lowest BCUT2D eigenvalue weighted by atomic mass is 10.1. The maximum absolute atomic E-state index is 11.9. The number of para-hydroxylation sites is 1. The summed E-state index contributed by atoms with van der Waals surface area (Å²) < 4.78 is 22.9. The van der Waals surface area contributed by atoms with Crippen LogP contribution in [0.3, 0.4) is 0 Å². The molecule has 0 heterocycles. The van der Waals surface area contributed by atoms with E-state index in [1.165, 1.54) is 30.3 Å². The number of aromatic hydroxyl groups is 1. The van der Waals surface area contributed by atoms with Gasteiger partial charge in [-0.1, -0.05) is 24.3 Å². The number of nitrogens with one attached hydrogen (secondary N) is 1. The van der Waals surface area contributed by atoms with Gasteiger partial charge in [0.15, 0.2) is 0 Å². The summed E-state index contributed by atoms with van der Waals surface area (Å²) in [6.07, 6.45) is 0.00729. The minimum Gasteiger partial charge on any atom is -0.508 e. The van der Waals surface area contributed by atoms with Gasteiger partial charge < -0.3 is 10.4 Å². The number of phenols is 1. The molecule has 0 radical (unpaired) electrons. The number of phenolic OH excluding ortho intramolecular Hbond substituents is 1. The van der Waals surface area contributed by atoms with Crippen molar-refractivity contribution in [3.8, 4) is 5.75 Å². The first-order chi connectivity index (χ1) is 9.86. The Bertz CT molecular complexity index is 772. The first-order valence-electron chi connectivity index (χ1n) is 6.06. The number of nitrogens with two attached hydrogens (primary N) is 1. The summed E-state index contributed by atoms with van der Waals surface area (Å²) >= 11 is 0. The Morgan fingerprint density at radius 3 is 2.52 bits per heavy atom. The number of benzene rings is 2. The average molecular weight is 306 g/mol. The zero-order valence-corrected chi connectivity index (χ0v) is 11.8. The highest BCUT2D eigenvalue weighted by Crippen LogP contribution is 2.20. The molecule has 2 rings (SSSR count). The van der Waals surface area contributed by atoms with Crippen LogP contribution in [-0.4, -0.2) is 19.4 Å². The fourth-order valence-electron chi connectivity index (χ4n) is 1.86. The van der Waals surface area contributed by atoms with Gasteiger partial charge in [0.05, 0.1) is 12.1 Å². The number of hydrogen-bond donors (Lipinski definition) is 3. The third-order valence-corrected chi connectivity index (χ3v) is 3.71. The largest absolute Gasteiger partial charge is 0.508 e. The maximum Gasteiger partial charge on any atom is 0.240 e. The van der Waals surface area contributed by atoms with E-state index < -0.39 is 15.9 Å². The van der Waals surface area contributed by atoms with Crippen LogP contribution in [0.15, 0.2) is 53.4 Å². The Balaban J connectivity index is 2.17. The predicted molar refractivity (Wildman–Crippen MR) is 78.3 cm³/mol. The molecular formula is C14H14N2O4S. The number of primary sulfonamides is 1. The second-order valence-corrected chi connectivity index (χ2v) is 5.97. The van der Waals surface area contributed by atoms with Crippen molar-refractivity contribution < 1.29 is 18.3 Å². The molecule has 4 N–H and O–H groups in total. The van der Waals surface area contributed by atoms with Crippen LogP contribution >= 0.6 is 0 Å². The number of anilines is 1. The SMILES string of the molecule is NS(=O)(=O)c1ccccc1NC(=O)Cc1cccc(O)c1. The molecule has 7 heteroatoms. The van der Waals surface area contributed by atoms with E-state index in [0.717, 1.165) is 0 Å². The maximum atomic E-state index is 11.9. The molecule has 2 aromatic carbocycles. The molecule has 0 aliphatic rings. The number of carbonyl (C=O) groups excluding carboxylic acids is 1. The summed E-state index contributed by atoms with van der Waals surface area (Å²) in [5.74, 6) is -0.345. The van der Waals surface area contributed by atoms with Gasteiger partial charge >= 0.3 is 0 Å². The van der Waals surface area contributed by atoms with Crippen molar-refractivity contribution in [3.05, 3.63) is 54.1 Å². The van der Waals surface area contributed by atoms with Crippen LogP contribution in [0.4, 0.5) is 5.69 Å². The molecule has 0 unspecified atom stereocenters. The first-order valence-corrected chi connectivity index (χ1v) is 7.60. The van der Waals surface area contributed by atoms with E-state index >= 15 is 0 Å². The molecule has 110 valence electrons. The quantitative estimate of drug-likeness (QED) is 0.789. The molecular weight excluding hydrogens is 292 g/mol. The van der Waals surface area contributed by atoms with E-state index in [4.69, 9.17) is 5.14 Å². The van der Waals surface area contributed by atoms with Crippen molar-refractivity contribution in [1.82, 2.24) is 0 Å². The van der Waals surface area contributed by atoms with Crippen LogP contribution < -0.4 is 10.5 Å². The molecule has 0 aliphatic heterocycles. The van der Waals surface area contributed by atoms with E-state index in [2.05, 4.69) is 5.32 Å². The third-order valence-electron chi connectivity index (χ3n) is 2.74. The first kappa shape index (κ1) is 15.0. The highest BCUT2D eigenvalue weighted by molar-refractivity contribution is 7.89. The van der Waals surface area contributed by atoms with Crippen molar-refractivity contribution in [2.45, 2.75) is 11.3 Å². The molecule has 0 fully saturated rings. The van der Waals surface area contributed by atoms with E-state index in [-0.39, 0.29) is 22.8 Å². The highest BCUT2D eigenvalue weighted by atomic mass is 32.2. The van der Waals surface area contributed by atoms with Crippen LogP contribution in [-0.2, 0) is 21.2 Å². The molecule has 0 atom stereocenters. The van der Waals surface area contributed by atoms with Crippen LogP contribution in [0, 0.1) is 0 Å². The molecule has 0 aliphatic carbocycles. The Labute approximate surface area is 122 Å². The average Bonchev–Trinajstić information content (AvgIpc) is 2.37. The minimum absolute atomic E-state index is 0.00729. The van der Waals surface area contributed by atoms with E-state index in [0.29, 0.717) is 5.56 Å². The molecule has 6 nitrogen and oxygen atoms in total. The van der Waals surface area contributed by atoms with Gasteiger partial charge in [-0.3, -0.25) is 4.79 Å². The normalized spacial score (nSPS) is 11.1. The molecule has 0 aromatic heterocycles. The van der Waals surface area contributed by atoms with Gasteiger partial charge in [-0.05, 0) is 29.8 Å². The smallest absolute Gasteiger partial charge is 0.240 e. The number of sulfonamides is 1. The lowest BCUT2D eigenvalue weighted by Gasteiger charge is -2.09. The number of amides is 1. The Morgan fingerprint density at radius 2 is 1.86 bits per heavy atom. The topological polar surface area (TPSA) is 109 Å². The second kappa shape index (κ2) is 5.94. The van der Waals surface area contributed by atoms with Gasteiger partial charge in [0.25, 0.3) is 0 Å². The van der Waals surface area contributed by atoms with Gasteiger partial charge in [0.2, 0.25) is 15.9 Å².